The summed E-state index contributed by atoms with van der Waals surface area (Å²) in [5.74, 6) is 1.04. The van der Waals surface area contributed by atoms with Crippen LogP contribution in [-0.4, -0.2) is 16.1 Å². The maximum Gasteiger partial charge on any atom is 0.0716 e. The highest BCUT2D eigenvalue weighted by molar-refractivity contribution is 6.22. The molecule has 2 aliphatic rings. The van der Waals surface area contributed by atoms with Crippen molar-refractivity contribution in [3.05, 3.63) is 12.2 Å². The van der Waals surface area contributed by atoms with Crippen LogP contribution in [0.4, 0.5) is 0 Å². The Morgan fingerprint density at radius 2 is 2.00 bits per heavy atom. The van der Waals surface area contributed by atoms with Crippen LogP contribution < -0.4 is 0 Å². The fourth-order valence-electron chi connectivity index (χ4n) is 3.82. The molecule has 0 heterocycles. The molecule has 2 aliphatic carbocycles. The van der Waals surface area contributed by atoms with E-state index in [1.807, 2.05) is 0 Å². The first-order valence-electron chi connectivity index (χ1n) is 6.78. The van der Waals surface area contributed by atoms with Gasteiger partial charge in [-0.15, -0.1) is 11.6 Å². The van der Waals surface area contributed by atoms with E-state index in [1.54, 1.807) is 0 Å². The second kappa shape index (κ2) is 4.28. The van der Waals surface area contributed by atoms with Crippen LogP contribution in [-0.2, 0) is 0 Å². The molecule has 98 valence electrons. The molecule has 2 fully saturated rings. The minimum Gasteiger partial charge on any atom is -0.389 e. The van der Waals surface area contributed by atoms with E-state index in [1.165, 1.54) is 0 Å². The zero-order valence-electron chi connectivity index (χ0n) is 11.3. The van der Waals surface area contributed by atoms with Gasteiger partial charge in [0.2, 0.25) is 0 Å². The molecular weight excluding hydrogens is 232 g/mol. The second-order valence-corrected chi connectivity index (χ2v) is 7.63. The summed E-state index contributed by atoms with van der Waals surface area (Å²) in [5.41, 5.74) is 0.690. The number of hydrogen-bond acceptors (Lipinski definition) is 1. The number of alkyl halides is 1. The zero-order valence-corrected chi connectivity index (χ0v) is 12.1. The van der Waals surface area contributed by atoms with E-state index in [0.717, 1.165) is 31.3 Å². The molecule has 2 heteroatoms. The van der Waals surface area contributed by atoms with E-state index in [-0.39, 0.29) is 10.8 Å². The summed E-state index contributed by atoms with van der Waals surface area (Å²) >= 11 is 6.41. The largest absolute Gasteiger partial charge is 0.389 e. The first-order chi connectivity index (χ1) is 7.73. The van der Waals surface area contributed by atoms with Gasteiger partial charge in [-0.3, -0.25) is 0 Å². The van der Waals surface area contributed by atoms with E-state index in [9.17, 15) is 5.11 Å². The molecule has 0 unspecified atom stereocenters. The molecule has 1 N–H and O–H groups in total. The van der Waals surface area contributed by atoms with Crippen molar-refractivity contribution in [1.29, 1.82) is 0 Å². The van der Waals surface area contributed by atoms with E-state index in [4.69, 9.17) is 11.6 Å². The molecule has 0 aromatic rings. The van der Waals surface area contributed by atoms with Gasteiger partial charge in [-0.05, 0) is 49.4 Å². The number of fused-ring (bicyclic) bond motifs is 1. The maximum atomic E-state index is 10.9. The number of hydrogen-bond donors (Lipinski definition) is 1. The Morgan fingerprint density at radius 3 is 2.65 bits per heavy atom. The van der Waals surface area contributed by atoms with Gasteiger partial charge in [-0.1, -0.05) is 32.9 Å². The number of aliphatic hydroxyl groups is 1. The Kier molecular flexibility index (Phi) is 3.38. The van der Waals surface area contributed by atoms with Crippen LogP contribution >= 0.6 is 11.6 Å². The second-order valence-electron chi connectivity index (χ2n) is 7.10. The molecule has 0 aliphatic heterocycles. The third-order valence-corrected chi connectivity index (χ3v) is 5.35. The molecule has 17 heavy (non-hydrogen) atoms. The van der Waals surface area contributed by atoms with E-state index in [2.05, 4.69) is 27.4 Å². The van der Waals surface area contributed by atoms with Crippen molar-refractivity contribution in [3.63, 3.8) is 0 Å². The molecule has 1 nitrogen and oxygen atoms in total. The molecule has 2 rings (SSSR count). The van der Waals surface area contributed by atoms with Gasteiger partial charge in [0.1, 0.15) is 0 Å². The summed E-state index contributed by atoms with van der Waals surface area (Å²) in [4.78, 5) is 0. The van der Waals surface area contributed by atoms with Crippen LogP contribution in [0.1, 0.15) is 52.9 Å². The fraction of sp³-hybridized carbons (Fsp3) is 0.867. The Bertz CT molecular complexity index is 323. The van der Waals surface area contributed by atoms with E-state index in [0.29, 0.717) is 18.3 Å². The normalized spacial score (nSPS) is 46.2. The lowest BCUT2D eigenvalue weighted by atomic mass is 9.67. The summed E-state index contributed by atoms with van der Waals surface area (Å²) in [7, 11) is 0. The van der Waals surface area contributed by atoms with Gasteiger partial charge in [-0.2, -0.15) is 0 Å². The minimum atomic E-state index is -0.540. The van der Waals surface area contributed by atoms with E-state index >= 15 is 0 Å². The van der Waals surface area contributed by atoms with Gasteiger partial charge in [0.15, 0.2) is 0 Å². The van der Waals surface area contributed by atoms with Crippen molar-refractivity contribution in [2.24, 2.45) is 17.3 Å². The first-order valence-corrected chi connectivity index (χ1v) is 7.21. The third kappa shape index (κ3) is 2.56. The summed E-state index contributed by atoms with van der Waals surface area (Å²) in [6.45, 7) is 10.9. The summed E-state index contributed by atoms with van der Waals surface area (Å²) in [6.07, 6.45) is 4.81. The lowest BCUT2D eigenvalue weighted by Crippen LogP contribution is -2.41. The van der Waals surface area contributed by atoms with Gasteiger partial charge in [0.05, 0.1) is 11.0 Å². The SMILES string of the molecule is C=C1C[C@]2(O)CC[C@H](C)[C@H]2CC(C)(C)C[C@@H]1Cl. The fourth-order valence-corrected chi connectivity index (χ4v) is 4.31. The molecule has 2 saturated carbocycles. The minimum absolute atomic E-state index is 0.0193. The van der Waals surface area contributed by atoms with Gasteiger partial charge >= 0.3 is 0 Å². The average molecular weight is 257 g/mol. The molecule has 0 aromatic carbocycles. The lowest BCUT2D eigenvalue weighted by molar-refractivity contribution is -0.0294. The van der Waals surface area contributed by atoms with Crippen LogP contribution in [0.5, 0.6) is 0 Å². The quantitative estimate of drug-likeness (QED) is 0.510. The van der Waals surface area contributed by atoms with Crippen LogP contribution in [0.3, 0.4) is 0 Å². The molecule has 4 atom stereocenters. The van der Waals surface area contributed by atoms with Crippen molar-refractivity contribution in [2.75, 3.05) is 0 Å². The smallest absolute Gasteiger partial charge is 0.0716 e. The number of halogens is 1. The van der Waals surface area contributed by atoms with Crippen LogP contribution in [0, 0.1) is 17.3 Å². The zero-order chi connectivity index (χ0) is 12.8. The topological polar surface area (TPSA) is 20.2 Å². The standard InChI is InChI=1S/C15H25ClO/c1-10-5-6-15(17)7-11(2)13(16)9-14(3,4)8-12(10)15/h10,12-13,17H,2,5-9H2,1,3-4H3/t10-,12+,13-,15+/m0/s1. The Labute approximate surface area is 110 Å². The molecule has 0 aromatic heterocycles. The highest BCUT2D eigenvalue weighted by atomic mass is 35.5. The molecule has 0 spiro atoms. The number of rotatable bonds is 0. The Morgan fingerprint density at radius 1 is 1.35 bits per heavy atom. The van der Waals surface area contributed by atoms with Crippen molar-refractivity contribution in [2.45, 2.75) is 63.9 Å². The maximum absolute atomic E-state index is 10.9. The predicted molar refractivity (Wildman–Crippen MR) is 73.3 cm³/mol. The van der Waals surface area contributed by atoms with Crippen molar-refractivity contribution < 1.29 is 5.11 Å². The monoisotopic (exact) mass is 256 g/mol. The molecule has 0 radical (unpaired) electrons. The van der Waals surface area contributed by atoms with Crippen molar-refractivity contribution >= 4 is 11.6 Å². The van der Waals surface area contributed by atoms with Crippen LogP contribution in [0.15, 0.2) is 12.2 Å². The van der Waals surface area contributed by atoms with Crippen molar-refractivity contribution in [1.82, 2.24) is 0 Å². The molecule has 0 bridgehead atoms. The first kappa shape index (κ1) is 13.4. The highest BCUT2D eigenvalue weighted by Crippen LogP contribution is 2.52. The summed E-state index contributed by atoms with van der Waals surface area (Å²) < 4.78 is 0. The van der Waals surface area contributed by atoms with Crippen molar-refractivity contribution in [3.8, 4) is 0 Å². The molecule has 0 amide bonds. The summed E-state index contributed by atoms with van der Waals surface area (Å²) in [5, 5.41) is 10.9. The highest BCUT2D eigenvalue weighted by Gasteiger charge is 2.49. The van der Waals surface area contributed by atoms with Gasteiger partial charge in [-0.25, -0.2) is 0 Å². The Balaban J connectivity index is 2.30. The van der Waals surface area contributed by atoms with E-state index < -0.39 is 5.60 Å². The van der Waals surface area contributed by atoms with Gasteiger partial charge < -0.3 is 5.11 Å². The Hall–Kier alpha value is -0.0100. The molecule has 0 saturated heterocycles. The summed E-state index contributed by atoms with van der Waals surface area (Å²) in [6, 6.07) is 0. The third-order valence-electron chi connectivity index (χ3n) is 4.89. The molecular formula is C15H25ClO. The lowest BCUT2D eigenvalue weighted by Gasteiger charge is -2.42. The predicted octanol–water partition coefficient (Wildman–Crippen LogP) is 4.14. The van der Waals surface area contributed by atoms with Crippen LogP contribution in [0.2, 0.25) is 0 Å². The van der Waals surface area contributed by atoms with Crippen LogP contribution in [0.25, 0.3) is 0 Å². The van der Waals surface area contributed by atoms with Gasteiger partial charge in [0, 0.05) is 0 Å². The average Bonchev–Trinajstić information content (AvgIpc) is 2.44. The van der Waals surface area contributed by atoms with Gasteiger partial charge in [0.25, 0.3) is 0 Å².